The molecule has 0 aliphatic carbocycles. The largest absolute Gasteiger partial charge is 0.493 e. The number of hydrogen-bond acceptors (Lipinski definition) is 4. The summed E-state index contributed by atoms with van der Waals surface area (Å²) in [4.78, 5) is 11.0. The average molecular weight is 314 g/mol. The number of carboxylic acids is 1. The summed E-state index contributed by atoms with van der Waals surface area (Å²) in [5.41, 5.74) is 1.69. The summed E-state index contributed by atoms with van der Waals surface area (Å²) < 4.78 is 15.9. The predicted molar refractivity (Wildman–Crippen MR) is 86.4 cm³/mol. The molecule has 5 heteroatoms. The topological polar surface area (TPSA) is 65.0 Å². The van der Waals surface area contributed by atoms with Gasteiger partial charge in [-0.3, -0.25) is 0 Å². The number of rotatable bonds is 7. The van der Waals surface area contributed by atoms with Crippen molar-refractivity contribution in [2.24, 2.45) is 0 Å². The van der Waals surface area contributed by atoms with Crippen LogP contribution < -0.4 is 9.47 Å². The van der Waals surface area contributed by atoms with E-state index >= 15 is 0 Å². The second-order valence-electron chi connectivity index (χ2n) is 4.70. The summed E-state index contributed by atoms with van der Waals surface area (Å²) in [5, 5.41) is 8.98. The van der Waals surface area contributed by atoms with Crippen LogP contribution in [0.2, 0.25) is 0 Å². The molecule has 0 aromatic heterocycles. The van der Waals surface area contributed by atoms with Gasteiger partial charge in [0.15, 0.2) is 11.5 Å². The lowest BCUT2D eigenvalue weighted by Gasteiger charge is -2.11. The van der Waals surface area contributed by atoms with Crippen molar-refractivity contribution in [1.29, 1.82) is 0 Å². The minimum Gasteiger partial charge on any atom is -0.493 e. The molecule has 2 aromatic rings. The maximum absolute atomic E-state index is 11.0. The highest BCUT2D eigenvalue weighted by Crippen LogP contribution is 2.29. The number of carbonyl (C=O) groups is 1. The number of aliphatic carboxylic acids is 1. The lowest BCUT2D eigenvalue weighted by molar-refractivity contribution is -0.135. The van der Waals surface area contributed by atoms with E-state index in [1.807, 2.05) is 30.3 Å². The molecule has 0 fully saturated rings. The summed E-state index contributed by atoms with van der Waals surface area (Å²) in [5.74, 6) is -0.167. The molecule has 0 unspecified atom stereocenters. The number of ether oxygens (including phenoxy) is 3. The molecule has 5 nitrogen and oxygen atoms in total. The molecule has 0 spiro atoms. The maximum Gasteiger partial charge on any atom is 0.371 e. The standard InChI is InChI=1S/C18H18O5/c1-21-16-10-14(11-17(22-2)18(19)20)8-9-15(16)23-12-13-6-4-3-5-7-13/h3-11H,12H2,1-2H3,(H,19,20). The first-order valence-corrected chi connectivity index (χ1v) is 6.97. The molecule has 1 N–H and O–H groups in total. The van der Waals surface area contributed by atoms with Gasteiger partial charge in [-0.25, -0.2) is 4.79 Å². The van der Waals surface area contributed by atoms with E-state index in [4.69, 9.17) is 19.3 Å². The van der Waals surface area contributed by atoms with Crippen molar-refractivity contribution in [1.82, 2.24) is 0 Å². The highest BCUT2D eigenvalue weighted by molar-refractivity contribution is 5.89. The van der Waals surface area contributed by atoms with Gasteiger partial charge in [-0.1, -0.05) is 36.4 Å². The lowest BCUT2D eigenvalue weighted by Crippen LogP contribution is -2.02. The van der Waals surface area contributed by atoms with Gasteiger partial charge in [0.1, 0.15) is 6.61 Å². The number of benzene rings is 2. The van der Waals surface area contributed by atoms with E-state index < -0.39 is 5.97 Å². The van der Waals surface area contributed by atoms with Crippen molar-refractivity contribution in [3.05, 3.63) is 65.4 Å². The van der Waals surface area contributed by atoms with Crippen LogP contribution in [0.4, 0.5) is 0 Å². The van der Waals surface area contributed by atoms with Crippen molar-refractivity contribution >= 4 is 12.0 Å². The van der Waals surface area contributed by atoms with Crippen LogP contribution in [-0.4, -0.2) is 25.3 Å². The van der Waals surface area contributed by atoms with Crippen LogP contribution in [-0.2, 0) is 16.1 Å². The third-order valence-corrected chi connectivity index (χ3v) is 3.15. The van der Waals surface area contributed by atoms with Crippen LogP contribution in [0.3, 0.4) is 0 Å². The molecule has 2 rings (SSSR count). The van der Waals surface area contributed by atoms with Gasteiger partial charge < -0.3 is 19.3 Å². The zero-order valence-electron chi connectivity index (χ0n) is 13.0. The fourth-order valence-corrected chi connectivity index (χ4v) is 1.99. The predicted octanol–water partition coefficient (Wildman–Crippen LogP) is 3.35. The summed E-state index contributed by atoms with van der Waals surface area (Å²) in [6, 6.07) is 15.0. The minimum absolute atomic E-state index is 0.148. The third kappa shape index (κ3) is 4.51. The smallest absolute Gasteiger partial charge is 0.371 e. The molecule has 0 saturated carbocycles. The normalized spacial score (nSPS) is 11.0. The molecule has 0 radical (unpaired) electrons. The van der Waals surface area contributed by atoms with Gasteiger partial charge in [-0.2, -0.15) is 0 Å². The van der Waals surface area contributed by atoms with E-state index in [0.29, 0.717) is 23.7 Å². The Morgan fingerprint density at radius 2 is 1.83 bits per heavy atom. The van der Waals surface area contributed by atoms with Gasteiger partial charge >= 0.3 is 5.97 Å². The molecule has 0 bridgehead atoms. The zero-order valence-corrected chi connectivity index (χ0v) is 13.0. The molecule has 120 valence electrons. The van der Waals surface area contributed by atoms with Crippen LogP contribution in [0.25, 0.3) is 6.08 Å². The van der Waals surface area contributed by atoms with Crippen LogP contribution in [0.1, 0.15) is 11.1 Å². The molecule has 0 heterocycles. The van der Waals surface area contributed by atoms with E-state index in [-0.39, 0.29) is 5.76 Å². The molecule has 0 atom stereocenters. The first-order chi connectivity index (χ1) is 11.1. The molecule has 23 heavy (non-hydrogen) atoms. The van der Waals surface area contributed by atoms with Crippen molar-refractivity contribution in [3.8, 4) is 11.5 Å². The first-order valence-electron chi connectivity index (χ1n) is 6.97. The van der Waals surface area contributed by atoms with E-state index in [1.165, 1.54) is 20.3 Å². The van der Waals surface area contributed by atoms with E-state index in [0.717, 1.165) is 5.56 Å². The Morgan fingerprint density at radius 1 is 1.09 bits per heavy atom. The van der Waals surface area contributed by atoms with Crippen molar-refractivity contribution in [2.45, 2.75) is 6.61 Å². The number of methoxy groups -OCH3 is 2. The Labute approximate surface area is 134 Å². The quantitative estimate of drug-likeness (QED) is 0.627. The Kier molecular flexibility index (Phi) is 5.63. The van der Waals surface area contributed by atoms with Gasteiger partial charge in [0.25, 0.3) is 0 Å². The Bertz CT molecular complexity index is 692. The zero-order chi connectivity index (χ0) is 16.7. The van der Waals surface area contributed by atoms with Crippen LogP contribution >= 0.6 is 0 Å². The average Bonchev–Trinajstić information content (AvgIpc) is 2.58. The van der Waals surface area contributed by atoms with Gasteiger partial charge in [-0.15, -0.1) is 0 Å². The lowest BCUT2D eigenvalue weighted by atomic mass is 10.1. The fourth-order valence-electron chi connectivity index (χ4n) is 1.99. The Balaban J connectivity index is 2.18. The van der Waals surface area contributed by atoms with Crippen LogP contribution in [0.15, 0.2) is 54.3 Å². The van der Waals surface area contributed by atoms with Crippen molar-refractivity contribution < 1.29 is 24.1 Å². The molecule has 0 aliphatic rings. The second-order valence-corrected chi connectivity index (χ2v) is 4.70. The first kappa shape index (κ1) is 16.4. The monoisotopic (exact) mass is 314 g/mol. The molecule has 2 aromatic carbocycles. The third-order valence-electron chi connectivity index (χ3n) is 3.15. The highest BCUT2D eigenvalue weighted by Gasteiger charge is 2.09. The molecular weight excluding hydrogens is 296 g/mol. The Morgan fingerprint density at radius 3 is 2.43 bits per heavy atom. The molecule has 0 aliphatic heterocycles. The number of carboxylic acid groups (broad SMARTS) is 1. The molecule has 0 amide bonds. The van der Waals surface area contributed by atoms with Crippen LogP contribution in [0.5, 0.6) is 11.5 Å². The van der Waals surface area contributed by atoms with Crippen molar-refractivity contribution in [2.75, 3.05) is 14.2 Å². The summed E-state index contributed by atoms with van der Waals surface area (Å²) in [6.45, 7) is 0.421. The highest BCUT2D eigenvalue weighted by atomic mass is 16.5. The van der Waals surface area contributed by atoms with E-state index in [1.54, 1.807) is 18.2 Å². The summed E-state index contributed by atoms with van der Waals surface area (Å²) >= 11 is 0. The SMILES string of the molecule is COC(=Cc1ccc(OCc2ccccc2)c(OC)c1)C(=O)O. The maximum atomic E-state index is 11.0. The van der Waals surface area contributed by atoms with E-state index in [9.17, 15) is 4.79 Å². The van der Waals surface area contributed by atoms with Gasteiger partial charge in [-0.05, 0) is 29.3 Å². The van der Waals surface area contributed by atoms with Gasteiger partial charge in [0.05, 0.1) is 14.2 Å². The summed E-state index contributed by atoms with van der Waals surface area (Å²) in [6.07, 6.45) is 1.42. The molecule has 0 saturated heterocycles. The van der Waals surface area contributed by atoms with Crippen molar-refractivity contribution in [3.63, 3.8) is 0 Å². The van der Waals surface area contributed by atoms with Gasteiger partial charge in [0, 0.05) is 0 Å². The summed E-state index contributed by atoms with van der Waals surface area (Å²) in [7, 11) is 2.85. The number of hydrogen-bond donors (Lipinski definition) is 1. The van der Waals surface area contributed by atoms with Crippen LogP contribution in [0, 0.1) is 0 Å². The minimum atomic E-state index is -1.13. The molecular formula is C18H18O5. The van der Waals surface area contributed by atoms with Gasteiger partial charge in [0.2, 0.25) is 5.76 Å². The Hall–Kier alpha value is -2.95. The second kappa shape index (κ2) is 7.89. The van der Waals surface area contributed by atoms with E-state index in [2.05, 4.69) is 0 Å². The fraction of sp³-hybridized carbons (Fsp3) is 0.167.